The van der Waals surface area contributed by atoms with Gasteiger partial charge >= 0.3 is 11.9 Å². The summed E-state index contributed by atoms with van der Waals surface area (Å²) in [6.45, 7) is 0.146. The van der Waals surface area contributed by atoms with E-state index in [2.05, 4.69) is 0 Å². The number of ether oxygens (including phenoxy) is 3. The number of rotatable bonds is 5. The lowest BCUT2D eigenvalue weighted by Crippen LogP contribution is -2.22. The van der Waals surface area contributed by atoms with Crippen molar-refractivity contribution in [3.63, 3.8) is 0 Å². The predicted molar refractivity (Wildman–Crippen MR) is 86.5 cm³/mol. The molecule has 2 aromatic rings. The van der Waals surface area contributed by atoms with E-state index in [4.69, 9.17) is 14.2 Å². The van der Waals surface area contributed by atoms with Gasteiger partial charge in [-0.05, 0) is 30.7 Å². The average molecular weight is 326 g/mol. The maximum atomic E-state index is 12.0. The van der Waals surface area contributed by atoms with E-state index in [1.165, 1.54) is 0 Å². The lowest BCUT2D eigenvalue weighted by molar-refractivity contribution is -0.112. The second-order valence-electron chi connectivity index (χ2n) is 5.50. The molecule has 2 atom stereocenters. The fourth-order valence-corrected chi connectivity index (χ4v) is 2.47. The number of hydrogen-bond donors (Lipinski definition) is 0. The normalized spacial score (nSPS) is 19.7. The second kappa shape index (κ2) is 7.75. The quantitative estimate of drug-likeness (QED) is 0.790. The maximum absolute atomic E-state index is 12.0. The summed E-state index contributed by atoms with van der Waals surface area (Å²) in [6.07, 6.45) is 0.408. The van der Waals surface area contributed by atoms with Crippen molar-refractivity contribution in [3.8, 4) is 0 Å². The molecule has 24 heavy (non-hydrogen) atoms. The summed E-state index contributed by atoms with van der Waals surface area (Å²) in [5, 5.41) is 0. The van der Waals surface area contributed by atoms with E-state index >= 15 is 0 Å². The van der Waals surface area contributed by atoms with Crippen molar-refractivity contribution >= 4 is 11.9 Å². The highest BCUT2D eigenvalue weighted by Gasteiger charge is 2.29. The summed E-state index contributed by atoms with van der Waals surface area (Å²) >= 11 is 0. The molecule has 5 nitrogen and oxygen atoms in total. The molecule has 0 N–H and O–H groups in total. The molecule has 1 saturated heterocycles. The van der Waals surface area contributed by atoms with Crippen LogP contribution in [0.4, 0.5) is 0 Å². The van der Waals surface area contributed by atoms with Crippen molar-refractivity contribution < 1.29 is 23.8 Å². The Labute approximate surface area is 140 Å². The van der Waals surface area contributed by atoms with Crippen LogP contribution in [0.1, 0.15) is 33.6 Å². The largest absolute Gasteiger partial charge is 0.459 e. The third-order valence-electron chi connectivity index (χ3n) is 3.73. The van der Waals surface area contributed by atoms with E-state index in [9.17, 15) is 9.59 Å². The van der Waals surface area contributed by atoms with Crippen molar-refractivity contribution in [2.45, 2.75) is 25.2 Å². The van der Waals surface area contributed by atoms with Gasteiger partial charge in [-0.15, -0.1) is 0 Å². The molecule has 0 aromatic heterocycles. The van der Waals surface area contributed by atoms with E-state index in [0.29, 0.717) is 24.0 Å². The first-order valence-corrected chi connectivity index (χ1v) is 7.86. The monoisotopic (exact) mass is 326 g/mol. The molecule has 1 fully saturated rings. The predicted octanol–water partition coefficient (Wildman–Crippen LogP) is 3.21. The van der Waals surface area contributed by atoms with Crippen molar-refractivity contribution in [1.29, 1.82) is 0 Å². The van der Waals surface area contributed by atoms with Crippen molar-refractivity contribution in [1.82, 2.24) is 0 Å². The minimum atomic E-state index is -0.599. The Balaban J connectivity index is 1.44. The van der Waals surface area contributed by atoms with Crippen LogP contribution in [0.15, 0.2) is 60.7 Å². The van der Waals surface area contributed by atoms with Crippen LogP contribution in [0, 0.1) is 0 Å². The van der Waals surface area contributed by atoms with Gasteiger partial charge in [0.25, 0.3) is 0 Å². The van der Waals surface area contributed by atoms with Gasteiger partial charge in [-0.25, -0.2) is 9.59 Å². The number of benzene rings is 2. The summed E-state index contributed by atoms with van der Waals surface area (Å²) < 4.78 is 16.2. The van der Waals surface area contributed by atoms with Crippen LogP contribution in [0.2, 0.25) is 0 Å². The molecule has 0 bridgehead atoms. The zero-order valence-corrected chi connectivity index (χ0v) is 13.1. The van der Waals surface area contributed by atoms with E-state index in [-0.39, 0.29) is 18.7 Å². The molecule has 2 unspecified atom stereocenters. The summed E-state index contributed by atoms with van der Waals surface area (Å²) in [6, 6.07) is 17.6. The Kier molecular flexibility index (Phi) is 5.23. The minimum absolute atomic E-state index is 0.146. The molecular weight excluding hydrogens is 308 g/mol. The Morgan fingerprint density at radius 1 is 0.875 bits per heavy atom. The SMILES string of the molecule is O=C(OCC1CCC(OC(=O)c2ccccc2)O1)c1ccccc1. The van der Waals surface area contributed by atoms with Crippen LogP contribution in [-0.2, 0) is 14.2 Å². The van der Waals surface area contributed by atoms with Crippen LogP contribution >= 0.6 is 0 Å². The molecule has 0 amide bonds. The first-order valence-electron chi connectivity index (χ1n) is 7.86. The van der Waals surface area contributed by atoms with Gasteiger partial charge in [0, 0.05) is 6.42 Å². The lowest BCUT2D eigenvalue weighted by atomic mass is 10.2. The highest BCUT2D eigenvalue weighted by atomic mass is 16.7. The van der Waals surface area contributed by atoms with Gasteiger partial charge in [0.05, 0.1) is 17.2 Å². The van der Waals surface area contributed by atoms with Crippen LogP contribution in [0.3, 0.4) is 0 Å². The van der Waals surface area contributed by atoms with Crippen molar-refractivity contribution in [2.75, 3.05) is 6.61 Å². The fraction of sp³-hybridized carbons (Fsp3) is 0.263. The number of carbonyl (C=O) groups excluding carboxylic acids is 2. The van der Waals surface area contributed by atoms with Crippen molar-refractivity contribution in [3.05, 3.63) is 71.8 Å². The number of hydrogen-bond acceptors (Lipinski definition) is 5. The zero-order valence-electron chi connectivity index (χ0n) is 13.1. The van der Waals surface area contributed by atoms with Gasteiger partial charge in [0.1, 0.15) is 6.61 Å². The third-order valence-corrected chi connectivity index (χ3v) is 3.73. The Hall–Kier alpha value is -2.66. The smallest absolute Gasteiger partial charge is 0.340 e. The van der Waals surface area contributed by atoms with Crippen LogP contribution in [0.5, 0.6) is 0 Å². The molecule has 2 aromatic carbocycles. The van der Waals surface area contributed by atoms with Gasteiger partial charge in [-0.1, -0.05) is 36.4 Å². The molecule has 0 radical (unpaired) electrons. The minimum Gasteiger partial charge on any atom is -0.459 e. The van der Waals surface area contributed by atoms with Gasteiger partial charge in [-0.2, -0.15) is 0 Å². The molecule has 1 aliphatic heterocycles. The summed E-state index contributed by atoms with van der Waals surface area (Å²) in [7, 11) is 0. The number of carbonyl (C=O) groups is 2. The molecule has 1 aliphatic rings. The molecule has 124 valence electrons. The molecule has 3 rings (SSSR count). The Morgan fingerprint density at radius 2 is 1.46 bits per heavy atom. The van der Waals surface area contributed by atoms with E-state index in [1.54, 1.807) is 48.5 Å². The van der Waals surface area contributed by atoms with E-state index < -0.39 is 12.3 Å². The van der Waals surface area contributed by atoms with Gasteiger partial charge in [0.2, 0.25) is 6.29 Å². The molecule has 0 spiro atoms. The molecule has 5 heteroatoms. The first-order chi connectivity index (χ1) is 11.7. The maximum Gasteiger partial charge on any atom is 0.340 e. The molecule has 1 heterocycles. The Bertz CT molecular complexity index is 683. The summed E-state index contributed by atoms with van der Waals surface area (Å²) in [5.41, 5.74) is 0.989. The Morgan fingerprint density at radius 3 is 2.08 bits per heavy atom. The van der Waals surface area contributed by atoms with E-state index in [1.807, 2.05) is 12.1 Å². The zero-order chi connectivity index (χ0) is 16.8. The highest BCUT2D eigenvalue weighted by molar-refractivity contribution is 5.89. The van der Waals surface area contributed by atoms with Gasteiger partial charge < -0.3 is 14.2 Å². The van der Waals surface area contributed by atoms with Crippen LogP contribution in [0.25, 0.3) is 0 Å². The second-order valence-corrected chi connectivity index (χ2v) is 5.50. The van der Waals surface area contributed by atoms with E-state index in [0.717, 1.165) is 0 Å². The summed E-state index contributed by atoms with van der Waals surface area (Å²) in [4.78, 5) is 23.9. The molecule has 0 saturated carbocycles. The van der Waals surface area contributed by atoms with Crippen molar-refractivity contribution in [2.24, 2.45) is 0 Å². The van der Waals surface area contributed by atoms with Gasteiger partial charge in [0.15, 0.2) is 0 Å². The van der Waals surface area contributed by atoms with Gasteiger partial charge in [-0.3, -0.25) is 0 Å². The fourth-order valence-electron chi connectivity index (χ4n) is 2.47. The first kappa shape index (κ1) is 16.2. The lowest BCUT2D eigenvalue weighted by Gasteiger charge is -2.14. The van der Waals surface area contributed by atoms with Crippen LogP contribution in [-0.4, -0.2) is 30.9 Å². The number of esters is 2. The molecule has 0 aliphatic carbocycles. The topological polar surface area (TPSA) is 61.8 Å². The highest BCUT2D eigenvalue weighted by Crippen LogP contribution is 2.22. The third kappa shape index (κ3) is 4.20. The molecular formula is C19H18O5. The van der Waals surface area contributed by atoms with Crippen LogP contribution < -0.4 is 0 Å². The average Bonchev–Trinajstić information content (AvgIpc) is 3.08. The standard InChI is InChI=1S/C19H18O5/c20-18(14-7-3-1-4-8-14)22-13-16-11-12-17(23-16)24-19(21)15-9-5-2-6-10-15/h1-10,16-17H,11-13H2. The summed E-state index contributed by atoms with van der Waals surface area (Å²) in [5.74, 6) is -0.800.